The van der Waals surface area contributed by atoms with Gasteiger partial charge in [0.25, 0.3) is 11.6 Å². The van der Waals surface area contributed by atoms with Gasteiger partial charge in [-0.25, -0.2) is 4.98 Å². The highest BCUT2D eigenvalue weighted by atomic mass is 32.2. The van der Waals surface area contributed by atoms with Gasteiger partial charge in [0.1, 0.15) is 0 Å². The van der Waals surface area contributed by atoms with Crippen molar-refractivity contribution in [2.24, 2.45) is 0 Å². The van der Waals surface area contributed by atoms with Crippen LogP contribution in [-0.4, -0.2) is 21.9 Å². The Bertz CT molecular complexity index is 713. The molecule has 0 atom stereocenters. The number of aromatic nitrogens is 1. The fourth-order valence-electron chi connectivity index (χ4n) is 1.71. The molecule has 0 saturated heterocycles. The highest BCUT2D eigenvalue weighted by molar-refractivity contribution is 8.01. The number of nitrogens with one attached hydrogen (secondary N) is 1. The van der Waals surface area contributed by atoms with E-state index < -0.39 is 4.92 Å². The number of nitro benzene ring substituents is 1. The molecule has 116 valence electrons. The zero-order chi connectivity index (χ0) is 16.3. The topological polar surface area (TPSA) is 85.1 Å². The molecule has 0 aliphatic rings. The number of nitrogens with zero attached hydrogens (tertiary/aromatic N) is 2. The lowest BCUT2D eigenvalue weighted by Crippen LogP contribution is -2.30. The molecule has 0 fully saturated rings. The number of carbonyl (C=O) groups excluding carboxylic acids is 1. The Morgan fingerprint density at radius 2 is 2.18 bits per heavy atom. The van der Waals surface area contributed by atoms with Crippen LogP contribution in [0.15, 0.2) is 32.8 Å². The number of aryl methyl sites for hydroxylation is 1. The van der Waals surface area contributed by atoms with Gasteiger partial charge in [0.15, 0.2) is 4.34 Å². The summed E-state index contributed by atoms with van der Waals surface area (Å²) >= 11 is 2.67. The maximum absolute atomic E-state index is 12.0. The average molecular weight is 337 g/mol. The number of rotatable bonds is 5. The van der Waals surface area contributed by atoms with Gasteiger partial charge in [-0.2, -0.15) is 0 Å². The summed E-state index contributed by atoms with van der Waals surface area (Å²) in [4.78, 5) is 27.5. The maximum Gasteiger partial charge on any atom is 0.284 e. The Morgan fingerprint density at radius 1 is 1.45 bits per heavy atom. The molecule has 0 spiro atoms. The lowest BCUT2D eigenvalue weighted by molar-refractivity contribution is -0.387. The molecule has 0 aliphatic carbocycles. The molecule has 0 saturated carbocycles. The van der Waals surface area contributed by atoms with Crippen LogP contribution in [0.25, 0.3) is 0 Å². The normalized spacial score (nSPS) is 10.7. The van der Waals surface area contributed by atoms with Crippen molar-refractivity contribution in [2.45, 2.75) is 36.0 Å². The van der Waals surface area contributed by atoms with Crippen LogP contribution >= 0.6 is 23.1 Å². The molecule has 1 heterocycles. The number of hydrogen-bond donors (Lipinski definition) is 1. The Hall–Kier alpha value is -1.93. The zero-order valence-corrected chi connectivity index (χ0v) is 14.0. The first-order valence-corrected chi connectivity index (χ1v) is 8.25. The Morgan fingerprint density at radius 3 is 2.73 bits per heavy atom. The smallest absolute Gasteiger partial charge is 0.284 e. The van der Waals surface area contributed by atoms with Crippen LogP contribution in [0.2, 0.25) is 0 Å². The molecule has 0 radical (unpaired) electrons. The van der Waals surface area contributed by atoms with E-state index in [-0.39, 0.29) is 23.2 Å². The second-order valence-corrected chi connectivity index (χ2v) is 7.07. The van der Waals surface area contributed by atoms with Crippen LogP contribution in [0.1, 0.15) is 29.9 Å². The predicted molar refractivity (Wildman–Crippen MR) is 86.7 cm³/mol. The highest BCUT2D eigenvalue weighted by Gasteiger charge is 2.19. The number of hydrogen-bond acceptors (Lipinski definition) is 6. The van der Waals surface area contributed by atoms with E-state index in [1.165, 1.54) is 29.2 Å². The molecule has 2 aromatic rings. The summed E-state index contributed by atoms with van der Waals surface area (Å²) in [7, 11) is 0. The number of amides is 1. The summed E-state index contributed by atoms with van der Waals surface area (Å²) in [6, 6.07) is 4.46. The van der Waals surface area contributed by atoms with Gasteiger partial charge < -0.3 is 5.32 Å². The molecular weight excluding hydrogens is 322 g/mol. The Kier molecular flexibility index (Phi) is 5.15. The van der Waals surface area contributed by atoms with Crippen LogP contribution in [0, 0.1) is 17.0 Å². The van der Waals surface area contributed by atoms with E-state index in [0.717, 1.165) is 10.0 Å². The van der Waals surface area contributed by atoms with Gasteiger partial charge in [-0.3, -0.25) is 14.9 Å². The highest BCUT2D eigenvalue weighted by Crippen LogP contribution is 2.36. The van der Waals surface area contributed by atoms with Crippen molar-refractivity contribution < 1.29 is 9.72 Å². The van der Waals surface area contributed by atoms with Crippen LogP contribution in [-0.2, 0) is 0 Å². The van der Waals surface area contributed by atoms with E-state index in [1.54, 1.807) is 12.1 Å². The molecule has 1 amide bonds. The third kappa shape index (κ3) is 4.05. The van der Waals surface area contributed by atoms with Gasteiger partial charge in [0.05, 0.1) is 9.82 Å². The minimum Gasteiger partial charge on any atom is -0.350 e. The van der Waals surface area contributed by atoms with Crippen molar-refractivity contribution in [1.29, 1.82) is 0 Å². The van der Waals surface area contributed by atoms with E-state index in [0.29, 0.717) is 4.90 Å². The second kappa shape index (κ2) is 6.89. The molecule has 1 aromatic heterocycles. The first kappa shape index (κ1) is 16.4. The van der Waals surface area contributed by atoms with E-state index in [1.807, 2.05) is 26.2 Å². The summed E-state index contributed by atoms with van der Waals surface area (Å²) in [5.41, 5.74) is 1.07. The molecule has 1 N–H and O–H groups in total. The van der Waals surface area contributed by atoms with Crippen molar-refractivity contribution in [1.82, 2.24) is 10.3 Å². The van der Waals surface area contributed by atoms with Gasteiger partial charge >= 0.3 is 0 Å². The minimum absolute atomic E-state index is 0.0288. The van der Waals surface area contributed by atoms with Crippen molar-refractivity contribution in [3.05, 3.63) is 45.0 Å². The van der Waals surface area contributed by atoms with Gasteiger partial charge in [0, 0.05) is 28.7 Å². The Labute approximate surface area is 136 Å². The van der Waals surface area contributed by atoms with Crippen LogP contribution in [0.3, 0.4) is 0 Å². The van der Waals surface area contributed by atoms with Gasteiger partial charge in [-0.1, -0.05) is 11.8 Å². The van der Waals surface area contributed by atoms with E-state index in [4.69, 9.17) is 0 Å². The van der Waals surface area contributed by atoms with Crippen molar-refractivity contribution in [2.75, 3.05) is 0 Å². The molecule has 2 rings (SSSR count). The number of carbonyl (C=O) groups is 1. The van der Waals surface area contributed by atoms with Gasteiger partial charge in [-0.05, 0) is 32.9 Å². The SMILES string of the molecule is Cc1csc(Sc2ccc(C(=O)NC(C)C)cc2[N+](=O)[O-])n1. The monoisotopic (exact) mass is 337 g/mol. The molecule has 8 heteroatoms. The van der Waals surface area contributed by atoms with Crippen LogP contribution in [0.5, 0.6) is 0 Å². The second-order valence-electron chi connectivity index (χ2n) is 4.92. The summed E-state index contributed by atoms with van der Waals surface area (Å²) < 4.78 is 0.736. The molecule has 6 nitrogen and oxygen atoms in total. The minimum atomic E-state index is -0.477. The number of nitro groups is 1. The van der Waals surface area contributed by atoms with Crippen LogP contribution in [0.4, 0.5) is 5.69 Å². The summed E-state index contributed by atoms with van der Waals surface area (Å²) in [6.45, 7) is 5.54. The first-order valence-electron chi connectivity index (χ1n) is 6.56. The maximum atomic E-state index is 12.0. The van der Waals surface area contributed by atoms with Gasteiger partial charge in [0.2, 0.25) is 0 Å². The van der Waals surface area contributed by atoms with E-state index >= 15 is 0 Å². The Balaban J connectivity index is 2.31. The van der Waals surface area contributed by atoms with E-state index in [2.05, 4.69) is 10.3 Å². The molecule has 1 aromatic carbocycles. The molecular formula is C14H15N3O3S2. The van der Waals surface area contributed by atoms with Crippen molar-refractivity contribution in [3.8, 4) is 0 Å². The quantitative estimate of drug-likeness (QED) is 0.665. The first-order chi connectivity index (χ1) is 10.4. The third-order valence-electron chi connectivity index (χ3n) is 2.63. The standard InChI is InChI=1S/C14H15N3O3S2/c1-8(2)15-13(18)10-4-5-12(11(6-10)17(19)20)22-14-16-9(3)7-21-14/h4-8H,1-3H3,(H,15,18). The third-order valence-corrected chi connectivity index (χ3v) is 4.75. The molecule has 0 aliphatic heterocycles. The van der Waals surface area contributed by atoms with Crippen LogP contribution < -0.4 is 5.32 Å². The number of benzene rings is 1. The summed E-state index contributed by atoms with van der Waals surface area (Å²) in [6.07, 6.45) is 0. The van der Waals surface area contributed by atoms with Crippen molar-refractivity contribution in [3.63, 3.8) is 0 Å². The van der Waals surface area contributed by atoms with Gasteiger partial charge in [-0.15, -0.1) is 11.3 Å². The summed E-state index contributed by atoms with van der Waals surface area (Å²) in [5.74, 6) is -0.320. The molecule has 0 bridgehead atoms. The largest absolute Gasteiger partial charge is 0.350 e. The lowest BCUT2D eigenvalue weighted by atomic mass is 10.2. The fourth-order valence-corrected chi connectivity index (χ4v) is 3.59. The average Bonchev–Trinajstić information content (AvgIpc) is 2.83. The zero-order valence-electron chi connectivity index (χ0n) is 12.3. The lowest BCUT2D eigenvalue weighted by Gasteiger charge is -2.09. The van der Waals surface area contributed by atoms with E-state index in [9.17, 15) is 14.9 Å². The molecule has 0 unspecified atom stereocenters. The van der Waals surface area contributed by atoms with Crippen molar-refractivity contribution >= 4 is 34.7 Å². The molecule has 22 heavy (non-hydrogen) atoms. The fraction of sp³-hybridized carbons (Fsp3) is 0.286. The summed E-state index contributed by atoms with van der Waals surface area (Å²) in [5, 5.41) is 15.9. The predicted octanol–water partition coefficient (Wildman–Crippen LogP) is 3.65. The number of thiazole rings is 1.